The largest absolute Gasteiger partial charge is 0.493 e. The number of carbonyl (C=O) groups is 1. The van der Waals surface area contributed by atoms with E-state index in [2.05, 4.69) is 4.74 Å². The number of benzene rings is 2. The Hall–Kier alpha value is -2.68. The number of aryl methyl sites for hydroxylation is 1. The van der Waals surface area contributed by atoms with E-state index in [0.717, 1.165) is 11.1 Å². The number of carbonyl (C=O) groups excluding carboxylic acids is 1. The van der Waals surface area contributed by atoms with Crippen LogP contribution in [-0.4, -0.2) is 45.7 Å². The van der Waals surface area contributed by atoms with Crippen molar-refractivity contribution in [3.8, 4) is 11.5 Å². The fourth-order valence-corrected chi connectivity index (χ4v) is 4.04. The summed E-state index contributed by atoms with van der Waals surface area (Å²) in [6, 6.07) is 11.4. The van der Waals surface area contributed by atoms with Crippen molar-refractivity contribution < 1.29 is 31.5 Å². The van der Waals surface area contributed by atoms with Gasteiger partial charge >= 0.3 is 6.61 Å². The highest BCUT2D eigenvalue weighted by Crippen LogP contribution is 2.30. The van der Waals surface area contributed by atoms with E-state index < -0.39 is 33.9 Å². The van der Waals surface area contributed by atoms with Crippen LogP contribution in [0.5, 0.6) is 11.5 Å². The molecular weight excluding hydrogens is 404 g/mol. The van der Waals surface area contributed by atoms with Gasteiger partial charge in [-0.15, -0.1) is 0 Å². The first-order valence-corrected chi connectivity index (χ1v) is 10.5. The number of rotatable bonds is 9. The summed E-state index contributed by atoms with van der Waals surface area (Å²) in [6.45, 7) is -0.783. The summed E-state index contributed by atoms with van der Waals surface area (Å²) in [6.07, 6.45) is 0. The minimum Gasteiger partial charge on any atom is -0.493 e. The van der Waals surface area contributed by atoms with Crippen molar-refractivity contribution in [1.29, 1.82) is 0 Å². The van der Waals surface area contributed by atoms with Gasteiger partial charge in [0.25, 0.3) is 0 Å². The summed E-state index contributed by atoms with van der Waals surface area (Å²) >= 11 is 0. The van der Waals surface area contributed by atoms with Crippen LogP contribution in [0, 0.1) is 6.92 Å². The Labute approximate surface area is 169 Å². The predicted molar refractivity (Wildman–Crippen MR) is 105 cm³/mol. The third-order valence-electron chi connectivity index (χ3n) is 4.14. The molecule has 0 aliphatic rings. The molecule has 2 rings (SSSR count). The molecule has 1 amide bonds. The fraction of sp³-hybridized carbons (Fsp3) is 0.350. The van der Waals surface area contributed by atoms with Crippen LogP contribution in [0.3, 0.4) is 0 Å². The lowest BCUT2D eigenvalue weighted by Gasteiger charge is -2.17. The molecule has 0 bridgehead atoms. The molecule has 2 aromatic rings. The number of ether oxygens (including phenoxy) is 2. The highest BCUT2D eigenvalue weighted by atomic mass is 32.2. The molecule has 0 fully saturated rings. The van der Waals surface area contributed by atoms with Gasteiger partial charge in [-0.2, -0.15) is 8.78 Å². The molecule has 0 heterocycles. The molecule has 158 valence electrons. The Balaban J connectivity index is 2.03. The van der Waals surface area contributed by atoms with E-state index in [4.69, 9.17) is 4.74 Å². The minimum atomic E-state index is -3.77. The van der Waals surface area contributed by atoms with Crippen molar-refractivity contribution >= 4 is 15.7 Å². The number of hydrogen-bond donors (Lipinski definition) is 0. The second kappa shape index (κ2) is 9.69. The normalized spacial score (nSPS) is 11.4. The van der Waals surface area contributed by atoms with Gasteiger partial charge in [-0.3, -0.25) is 4.79 Å². The Morgan fingerprint density at radius 3 is 2.28 bits per heavy atom. The lowest BCUT2D eigenvalue weighted by molar-refractivity contribution is -0.127. The Morgan fingerprint density at radius 2 is 1.69 bits per heavy atom. The molecule has 0 radical (unpaired) electrons. The number of amides is 1. The topological polar surface area (TPSA) is 72.9 Å². The van der Waals surface area contributed by atoms with Crippen LogP contribution in [0.25, 0.3) is 0 Å². The monoisotopic (exact) mass is 427 g/mol. The van der Waals surface area contributed by atoms with E-state index in [0.29, 0.717) is 12.1 Å². The zero-order chi connectivity index (χ0) is 21.6. The van der Waals surface area contributed by atoms with Gasteiger partial charge in [0.1, 0.15) is 5.75 Å². The summed E-state index contributed by atoms with van der Waals surface area (Å²) in [5, 5.41) is 0. The van der Waals surface area contributed by atoms with Gasteiger partial charge in [-0.1, -0.05) is 35.9 Å². The number of sulfone groups is 1. The molecular formula is C20H23F2NO5S. The van der Waals surface area contributed by atoms with Gasteiger partial charge in [-0.05, 0) is 30.2 Å². The first kappa shape index (κ1) is 22.6. The number of alkyl halides is 2. The molecule has 0 spiro atoms. The van der Waals surface area contributed by atoms with Crippen LogP contribution in [0.2, 0.25) is 0 Å². The highest BCUT2D eigenvalue weighted by molar-refractivity contribution is 7.91. The molecule has 6 nitrogen and oxygen atoms in total. The van der Waals surface area contributed by atoms with Crippen LogP contribution in [0.15, 0.2) is 42.5 Å². The SMILES string of the molecule is COc1cc(CS(=O)(=O)CC(=O)N(C)Cc2ccc(C)cc2)ccc1OC(F)F. The Morgan fingerprint density at radius 1 is 1.07 bits per heavy atom. The smallest absolute Gasteiger partial charge is 0.387 e. The molecule has 0 aliphatic carbocycles. The fourth-order valence-electron chi connectivity index (χ4n) is 2.65. The average molecular weight is 427 g/mol. The van der Waals surface area contributed by atoms with Crippen LogP contribution in [0.1, 0.15) is 16.7 Å². The number of nitrogens with zero attached hydrogens (tertiary/aromatic N) is 1. The number of methoxy groups -OCH3 is 1. The molecule has 0 saturated carbocycles. The predicted octanol–water partition coefficient (Wildman–Crippen LogP) is 3.18. The average Bonchev–Trinajstić information content (AvgIpc) is 2.63. The second-order valence-electron chi connectivity index (χ2n) is 6.63. The third-order valence-corrected chi connectivity index (χ3v) is 5.60. The van der Waals surface area contributed by atoms with E-state index in [1.807, 2.05) is 31.2 Å². The molecule has 0 aromatic heterocycles. The maximum atomic E-state index is 12.4. The van der Waals surface area contributed by atoms with Crippen molar-refractivity contribution in [2.45, 2.75) is 25.8 Å². The van der Waals surface area contributed by atoms with Crippen molar-refractivity contribution in [3.63, 3.8) is 0 Å². The van der Waals surface area contributed by atoms with Gasteiger partial charge in [0, 0.05) is 13.6 Å². The minimum absolute atomic E-state index is 0.0131. The first-order chi connectivity index (χ1) is 13.6. The van der Waals surface area contributed by atoms with E-state index in [-0.39, 0.29) is 11.5 Å². The van der Waals surface area contributed by atoms with Gasteiger partial charge < -0.3 is 14.4 Å². The molecule has 0 N–H and O–H groups in total. The Kier molecular flexibility index (Phi) is 7.55. The van der Waals surface area contributed by atoms with Gasteiger partial charge in [0.2, 0.25) is 5.91 Å². The quantitative estimate of drug-likeness (QED) is 0.615. The molecule has 0 unspecified atom stereocenters. The zero-order valence-electron chi connectivity index (χ0n) is 16.4. The van der Waals surface area contributed by atoms with E-state index in [9.17, 15) is 22.0 Å². The molecule has 0 aliphatic heterocycles. The molecule has 29 heavy (non-hydrogen) atoms. The van der Waals surface area contributed by atoms with Crippen LogP contribution < -0.4 is 9.47 Å². The van der Waals surface area contributed by atoms with Gasteiger partial charge in [0.15, 0.2) is 21.3 Å². The van der Waals surface area contributed by atoms with E-state index in [1.165, 1.54) is 37.3 Å². The maximum absolute atomic E-state index is 12.4. The standard InChI is InChI=1S/C20H23F2NO5S/c1-14-4-6-15(7-5-14)11-23(2)19(24)13-29(25,26)12-16-8-9-17(28-20(21)22)18(10-16)27-3/h4-10,20H,11-13H2,1-3H3. The summed E-state index contributed by atoms with van der Waals surface area (Å²) in [5.41, 5.74) is 2.28. The van der Waals surface area contributed by atoms with Crippen molar-refractivity contribution in [2.24, 2.45) is 0 Å². The van der Waals surface area contributed by atoms with Crippen molar-refractivity contribution in [2.75, 3.05) is 19.9 Å². The third kappa shape index (κ3) is 7.01. The molecule has 9 heteroatoms. The van der Waals surface area contributed by atoms with Crippen LogP contribution >= 0.6 is 0 Å². The number of halogens is 2. The summed E-state index contributed by atoms with van der Waals surface area (Å²) in [4.78, 5) is 13.7. The molecule has 0 atom stereocenters. The van der Waals surface area contributed by atoms with Crippen molar-refractivity contribution in [1.82, 2.24) is 4.90 Å². The van der Waals surface area contributed by atoms with Crippen LogP contribution in [0.4, 0.5) is 8.78 Å². The lowest BCUT2D eigenvalue weighted by Crippen LogP contribution is -2.32. The molecule has 2 aromatic carbocycles. The van der Waals surface area contributed by atoms with E-state index in [1.54, 1.807) is 0 Å². The van der Waals surface area contributed by atoms with Crippen LogP contribution in [-0.2, 0) is 26.9 Å². The van der Waals surface area contributed by atoms with Gasteiger partial charge in [-0.25, -0.2) is 8.42 Å². The van der Waals surface area contributed by atoms with E-state index >= 15 is 0 Å². The van der Waals surface area contributed by atoms with Gasteiger partial charge in [0.05, 0.1) is 12.9 Å². The summed E-state index contributed by atoms with van der Waals surface area (Å²) in [5.74, 6) is -1.83. The Bertz CT molecular complexity index is 946. The second-order valence-corrected chi connectivity index (χ2v) is 8.70. The molecule has 0 saturated heterocycles. The first-order valence-electron chi connectivity index (χ1n) is 8.71. The lowest BCUT2D eigenvalue weighted by atomic mass is 10.1. The zero-order valence-corrected chi connectivity index (χ0v) is 17.2. The maximum Gasteiger partial charge on any atom is 0.387 e. The summed E-state index contributed by atoms with van der Waals surface area (Å²) in [7, 11) is -0.976. The van der Waals surface area contributed by atoms with Crippen molar-refractivity contribution in [3.05, 3.63) is 59.2 Å². The summed E-state index contributed by atoms with van der Waals surface area (Å²) < 4.78 is 58.9. The highest BCUT2D eigenvalue weighted by Gasteiger charge is 2.21. The number of hydrogen-bond acceptors (Lipinski definition) is 5.